The average Bonchev–Trinajstić information content (AvgIpc) is 2.47. The van der Waals surface area contributed by atoms with E-state index in [0.717, 1.165) is 18.4 Å². The third kappa shape index (κ3) is 2.41. The van der Waals surface area contributed by atoms with Crippen molar-refractivity contribution in [3.63, 3.8) is 0 Å². The first kappa shape index (κ1) is 12.4. The zero-order valence-corrected chi connectivity index (χ0v) is 11.1. The summed E-state index contributed by atoms with van der Waals surface area (Å²) < 4.78 is 13.5. The van der Waals surface area contributed by atoms with Crippen LogP contribution in [0.25, 0.3) is 0 Å². The van der Waals surface area contributed by atoms with Crippen molar-refractivity contribution in [2.45, 2.75) is 31.8 Å². The molecule has 2 heteroatoms. The lowest BCUT2D eigenvalue weighted by Gasteiger charge is -2.33. The first-order chi connectivity index (χ1) is 9.28. The third-order valence-electron chi connectivity index (χ3n) is 3.91. The number of rotatable bonds is 2. The molecule has 0 bridgehead atoms. The molecule has 2 atom stereocenters. The van der Waals surface area contributed by atoms with Gasteiger partial charge in [-0.1, -0.05) is 43.3 Å². The molecule has 1 heterocycles. The molecule has 1 aliphatic rings. The van der Waals surface area contributed by atoms with Gasteiger partial charge in [-0.25, -0.2) is 4.39 Å². The Balaban J connectivity index is 2.07. The summed E-state index contributed by atoms with van der Waals surface area (Å²) in [5, 5.41) is 3.64. The van der Waals surface area contributed by atoms with Crippen LogP contribution in [0.4, 0.5) is 4.39 Å². The molecule has 19 heavy (non-hydrogen) atoms. The highest BCUT2D eigenvalue weighted by Gasteiger charge is 2.26. The second kappa shape index (κ2) is 5.14. The van der Waals surface area contributed by atoms with Gasteiger partial charge < -0.3 is 5.32 Å². The van der Waals surface area contributed by atoms with Crippen molar-refractivity contribution in [2.75, 3.05) is 0 Å². The summed E-state index contributed by atoms with van der Waals surface area (Å²) in [6.45, 7) is 2.19. The van der Waals surface area contributed by atoms with Crippen LogP contribution in [0.1, 0.15) is 36.1 Å². The Morgan fingerprint density at radius 1 is 1.16 bits per heavy atom. The molecule has 0 spiro atoms. The van der Waals surface area contributed by atoms with Crippen molar-refractivity contribution in [3.05, 3.63) is 71.0 Å². The van der Waals surface area contributed by atoms with Crippen molar-refractivity contribution >= 4 is 0 Å². The largest absolute Gasteiger partial charge is 0.303 e. The molecule has 1 N–H and O–H groups in total. The number of hydrogen-bond acceptors (Lipinski definition) is 1. The van der Waals surface area contributed by atoms with E-state index in [-0.39, 0.29) is 11.9 Å². The van der Waals surface area contributed by atoms with E-state index >= 15 is 0 Å². The SMILES string of the molecule is CCC1Cc2ccc(F)cc2C(c2ccccc2)N1. The van der Waals surface area contributed by atoms with Crippen LogP contribution in [-0.4, -0.2) is 6.04 Å². The van der Waals surface area contributed by atoms with Crippen LogP contribution < -0.4 is 5.32 Å². The van der Waals surface area contributed by atoms with Crippen LogP contribution in [0.3, 0.4) is 0 Å². The van der Waals surface area contributed by atoms with E-state index in [2.05, 4.69) is 24.4 Å². The smallest absolute Gasteiger partial charge is 0.123 e. The Hall–Kier alpha value is -1.67. The van der Waals surface area contributed by atoms with Gasteiger partial charge in [0, 0.05) is 6.04 Å². The van der Waals surface area contributed by atoms with E-state index in [9.17, 15) is 4.39 Å². The first-order valence-corrected chi connectivity index (χ1v) is 6.87. The van der Waals surface area contributed by atoms with Gasteiger partial charge in [0.1, 0.15) is 5.82 Å². The topological polar surface area (TPSA) is 12.0 Å². The molecule has 1 nitrogen and oxygen atoms in total. The minimum absolute atomic E-state index is 0.102. The Labute approximate surface area is 113 Å². The molecule has 2 aromatic rings. The highest BCUT2D eigenvalue weighted by Crippen LogP contribution is 2.31. The summed E-state index contributed by atoms with van der Waals surface area (Å²) in [6.07, 6.45) is 2.07. The molecule has 1 aliphatic heterocycles. The molecule has 0 aromatic heterocycles. The number of benzene rings is 2. The highest BCUT2D eigenvalue weighted by molar-refractivity contribution is 5.40. The summed E-state index contributed by atoms with van der Waals surface area (Å²) in [5.74, 6) is -0.156. The van der Waals surface area contributed by atoms with Gasteiger partial charge >= 0.3 is 0 Å². The molecule has 2 aromatic carbocycles. The van der Waals surface area contributed by atoms with Crippen LogP contribution in [0.15, 0.2) is 48.5 Å². The first-order valence-electron chi connectivity index (χ1n) is 6.87. The molecule has 98 valence electrons. The van der Waals surface area contributed by atoms with Gasteiger partial charge in [-0.15, -0.1) is 0 Å². The highest BCUT2D eigenvalue weighted by atomic mass is 19.1. The molecule has 0 aliphatic carbocycles. The van der Waals surface area contributed by atoms with Crippen molar-refractivity contribution in [3.8, 4) is 0 Å². The predicted molar refractivity (Wildman–Crippen MR) is 75.6 cm³/mol. The van der Waals surface area contributed by atoms with Gasteiger partial charge in [-0.2, -0.15) is 0 Å². The molecule has 0 saturated heterocycles. The summed E-state index contributed by atoms with van der Waals surface area (Å²) in [4.78, 5) is 0. The van der Waals surface area contributed by atoms with E-state index in [0.29, 0.717) is 6.04 Å². The molecule has 0 amide bonds. The molecule has 0 fully saturated rings. The Morgan fingerprint density at radius 3 is 2.68 bits per heavy atom. The minimum atomic E-state index is -0.156. The third-order valence-corrected chi connectivity index (χ3v) is 3.91. The van der Waals surface area contributed by atoms with Crippen LogP contribution in [-0.2, 0) is 6.42 Å². The number of halogens is 1. The number of nitrogens with one attached hydrogen (secondary N) is 1. The lowest BCUT2D eigenvalue weighted by atomic mass is 9.86. The van der Waals surface area contributed by atoms with Gasteiger partial charge in [0.15, 0.2) is 0 Å². The van der Waals surface area contributed by atoms with E-state index in [1.165, 1.54) is 11.1 Å². The van der Waals surface area contributed by atoms with Gasteiger partial charge in [-0.3, -0.25) is 0 Å². The minimum Gasteiger partial charge on any atom is -0.303 e. The fourth-order valence-electron chi connectivity index (χ4n) is 2.85. The van der Waals surface area contributed by atoms with Crippen LogP contribution in [0.2, 0.25) is 0 Å². The van der Waals surface area contributed by atoms with E-state index in [1.54, 1.807) is 12.1 Å². The summed E-state index contributed by atoms with van der Waals surface area (Å²) >= 11 is 0. The molecule has 0 saturated carbocycles. The molecular weight excluding hydrogens is 237 g/mol. The van der Waals surface area contributed by atoms with Crippen molar-refractivity contribution in [2.24, 2.45) is 0 Å². The lowest BCUT2D eigenvalue weighted by Crippen LogP contribution is -2.39. The predicted octanol–water partition coefficient (Wildman–Crippen LogP) is 3.84. The Bertz CT molecular complexity index is 565. The van der Waals surface area contributed by atoms with Crippen LogP contribution in [0, 0.1) is 5.82 Å². The summed E-state index contributed by atoms with van der Waals surface area (Å²) in [6, 6.07) is 16.0. The maximum absolute atomic E-state index is 13.5. The zero-order chi connectivity index (χ0) is 13.2. The van der Waals surface area contributed by atoms with Gasteiger partial charge in [0.2, 0.25) is 0 Å². The summed E-state index contributed by atoms with van der Waals surface area (Å²) in [5.41, 5.74) is 3.55. The standard InChI is InChI=1S/C17H18FN/c1-2-15-10-13-8-9-14(18)11-16(13)17(19-15)12-6-4-3-5-7-12/h3-9,11,15,17,19H,2,10H2,1H3. The second-order valence-corrected chi connectivity index (χ2v) is 5.16. The molecule has 0 radical (unpaired) electrons. The maximum atomic E-state index is 13.5. The Morgan fingerprint density at radius 2 is 1.95 bits per heavy atom. The normalized spacial score (nSPS) is 22.0. The number of hydrogen-bond donors (Lipinski definition) is 1. The van der Waals surface area contributed by atoms with E-state index in [1.807, 2.05) is 24.3 Å². The maximum Gasteiger partial charge on any atom is 0.123 e. The van der Waals surface area contributed by atoms with Gasteiger partial charge in [0.05, 0.1) is 6.04 Å². The fourth-order valence-corrected chi connectivity index (χ4v) is 2.85. The molecule has 3 rings (SSSR count). The number of fused-ring (bicyclic) bond motifs is 1. The molecular formula is C17H18FN. The zero-order valence-electron chi connectivity index (χ0n) is 11.1. The lowest BCUT2D eigenvalue weighted by molar-refractivity contribution is 0.425. The summed E-state index contributed by atoms with van der Waals surface area (Å²) in [7, 11) is 0. The van der Waals surface area contributed by atoms with Crippen LogP contribution in [0.5, 0.6) is 0 Å². The quantitative estimate of drug-likeness (QED) is 0.859. The monoisotopic (exact) mass is 255 g/mol. The van der Waals surface area contributed by atoms with Crippen LogP contribution >= 0.6 is 0 Å². The fraction of sp³-hybridized carbons (Fsp3) is 0.294. The Kier molecular flexibility index (Phi) is 3.34. The van der Waals surface area contributed by atoms with E-state index < -0.39 is 0 Å². The average molecular weight is 255 g/mol. The van der Waals surface area contributed by atoms with Gasteiger partial charge in [-0.05, 0) is 41.7 Å². The van der Waals surface area contributed by atoms with Crippen molar-refractivity contribution < 1.29 is 4.39 Å². The van der Waals surface area contributed by atoms with E-state index in [4.69, 9.17) is 0 Å². The molecule has 2 unspecified atom stereocenters. The van der Waals surface area contributed by atoms with Crippen molar-refractivity contribution in [1.82, 2.24) is 5.32 Å². The van der Waals surface area contributed by atoms with Crippen molar-refractivity contribution in [1.29, 1.82) is 0 Å². The second-order valence-electron chi connectivity index (χ2n) is 5.16. The van der Waals surface area contributed by atoms with Gasteiger partial charge in [0.25, 0.3) is 0 Å².